The number of hydrogen-bond donors (Lipinski definition) is 0. The average molecular weight is 373 g/mol. The van der Waals surface area contributed by atoms with Gasteiger partial charge in [-0.1, -0.05) is 66.2 Å². The minimum atomic E-state index is 0.0389. The summed E-state index contributed by atoms with van der Waals surface area (Å²) in [5.74, 6) is 1.75. The third-order valence-corrected chi connectivity index (χ3v) is 6.07. The van der Waals surface area contributed by atoms with Gasteiger partial charge in [-0.2, -0.15) is 0 Å². The summed E-state index contributed by atoms with van der Waals surface area (Å²) < 4.78 is 6.16. The molecule has 4 rings (SSSR count). The van der Waals surface area contributed by atoms with Crippen LogP contribution < -0.4 is 4.74 Å². The Morgan fingerprint density at radius 1 is 0.964 bits per heavy atom. The van der Waals surface area contributed by atoms with Crippen LogP contribution in [-0.4, -0.2) is 12.4 Å². The molecule has 3 aromatic rings. The van der Waals surface area contributed by atoms with Crippen molar-refractivity contribution >= 4 is 16.6 Å². The van der Waals surface area contributed by atoms with Crippen molar-refractivity contribution in [3.63, 3.8) is 0 Å². The van der Waals surface area contributed by atoms with Crippen LogP contribution in [0.4, 0.5) is 0 Å². The first-order chi connectivity index (χ1) is 13.7. The number of benzene rings is 3. The largest absolute Gasteiger partial charge is 0.492 e. The lowest BCUT2D eigenvalue weighted by Gasteiger charge is -2.19. The van der Waals surface area contributed by atoms with Gasteiger partial charge in [0.15, 0.2) is 0 Å². The molecule has 0 amide bonds. The second-order valence-corrected chi connectivity index (χ2v) is 8.04. The summed E-state index contributed by atoms with van der Waals surface area (Å²) in [6.45, 7) is 2.62. The molecule has 0 aliphatic heterocycles. The van der Waals surface area contributed by atoms with Gasteiger partial charge in [-0.3, -0.25) is 4.79 Å². The lowest BCUT2D eigenvalue weighted by molar-refractivity contribution is -0.122. The summed E-state index contributed by atoms with van der Waals surface area (Å²) in [7, 11) is 0. The summed E-state index contributed by atoms with van der Waals surface area (Å²) in [5, 5.41) is 2.29. The Bertz CT molecular complexity index is 937. The van der Waals surface area contributed by atoms with Gasteiger partial charge in [0, 0.05) is 11.8 Å². The fourth-order valence-corrected chi connectivity index (χ4v) is 4.38. The molecule has 1 aliphatic carbocycles. The molecular formula is C26H28O2. The monoisotopic (exact) mass is 372 g/mol. The highest BCUT2D eigenvalue weighted by Crippen LogP contribution is 2.34. The maximum absolute atomic E-state index is 12.5. The van der Waals surface area contributed by atoms with Crippen LogP contribution in [-0.2, 0) is 11.2 Å². The van der Waals surface area contributed by atoms with Crippen molar-refractivity contribution in [3.8, 4) is 5.75 Å². The van der Waals surface area contributed by atoms with E-state index in [1.807, 2.05) is 24.3 Å². The normalized spacial score (nSPS) is 19.2. The van der Waals surface area contributed by atoms with Crippen LogP contribution in [0.5, 0.6) is 5.75 Å². The number of carbonyl (C=O) groups is 1. The second kappa shape index (κ2) is 8.60. The van der Waals surface area contributed by atoms with Crippen molar-refractivity contribution in [2.24, 2.45) is 11.8 Å². The molecule has 1 aliphatic rings. The minimum Gasteiger partial charge on any atom is -0.492 e. The van der Waals surface area contributed by atoms with E-state index < -0.39 is 0 Å². The highest BCUT2D eigenvalue weighted by atomic mass is 16.5. The molecule has 0 aromatic heterocycles. The topological polar surface area (TPSA) is 26.3 Å². The number of ketones is 1. The van der Waals surface area contributed by atoms with E-state index in [1.165, 1.54) is 16.5 Å². The number of fused-ring (bicyclic) bond motifs is 1. The molecule has 28 heavy (non-hydrogen) atoms. The van der Waals surface area contributed by atoms with Crippen molar-refractivity contribution in [2.45, 2.75) is 39.0 Å². The van der Waals surface area contributed by atoms with E-state index in [0.29, 0.717) is 24.7 Å². The van der Waals surface area contributed by atoms with Gasteiger partial charge in [0.25, 0.3) is 0 Å². The fraction of sp³-hybridized carbons (Fsp3) is 0.346. The van der Waals surface area contributed by atoms with Gasteiger partial charge in [-0.05, 0) is 55.5 Å². The SMILES string of the molecule is Cc1ccc(CCC[C@H]2CCC(=O)[C@@H]2COc2cccc3ccccc23)cc1. The molecular weight excluding hydrogens is 344 g/mol. The molecule has 0 radical (unpaired) electrons. The van der Waals surface area contributed by atoms with Gasteiger partial charge >= 0.3 is 0 Å². The third kappa shape index (κ3) is 4.27. The number of hydrogen-bond acceptors (Lipinski definition) is 2. The summed E-state index contributed by atoms with van der Waals surface area (Å²) in [5.41, 5.74) is 2.69. The Labute approximate surface area is 167 Å². The molecule has 1 saturated carbocycles. The van der Waals surface area contributed by atoms with Crippen LogP contribution in [0.3, 0.4) is 0 Å². The lowest BCUT2D eigenvalue weighted by Crippen LogP contribution is -2.23. The lowest BCUT2D eigenvalue weighted by atomic mass is 9.90. The highest BCUT2D eigenvalue weighted by molar-refractivity contribution is 5.88. The Balaban J connectivity index is 1.35. The minimum absolute atomic E-state index is 0.0389. The van der Waals surface area contributed by atoms with Crippen LogP contribution in [0.2, 0.25) is 0 Å². The molecule has 1 fully saturated rings. The van der Waals surface area contributed by atoms with Crippen LogP contribution >= 0.6 is 0 Å². The Kier molecular flexibility index (Phi) is 5.76. The highest BCUT2D eigenvalue weighted by Gasteiger charge is 2.34. The van der Waals surface area contributed by atoms with E-state index in [9.17, 15) is 4.79 Å². The molecule has 0 unspecified atom stereocenters. The molecule has 2 nitrogen and oxygen atoms in total. The summed E-state index contributed by atoms with van der Waals surface area (Å²) in [6, 6.07) is 23.2. The predicted molar refractivity (Wildman–Crippen MR) is 115 cm³/mol. The zero-order valence-corrected chi connectivity index (χ0v) is 16.6. The maximum Gasteiger partial charge on any atom is 0.139 e. The van der Waals surface area contributed by atoms with Gasteiger partial charge in [0.1, 0.15) is 11.5 Å². The van der Waals surface area contributed by atoms with E-state index in [1.54, 1.807) is 0 Å². The summed E-state index contributed by atoms with van der Waals surface area (Å²) >= 11 is 0. The fourth-order valence-electron chi connectivity index (χ4n) is 4.38. The molecule has 144 valence electrons. The number of rotatable bonds is 7. The average Bonchev–Trinajstić information content (AvgIpc) is 3.07. The van der Waals surface area contributed by atoms with Gasteiger partial charge < -0.3 is 4.74 Å². The van der Waals surface area contributed by atoms with Gasteiger partial charge in [0.2, 0.25) is 0 Å². The van der Waals surface area contributed by atoms with E-state index >= 15 is 0 Å². The quantitative estimate of drug-likeness (QED) is 0.497. The second-order valence-electron chi connectivity index (χ2n) is 8.04. The molecule has 0 saturated heterocycles. The number of ether oxygens (including phenoxy) is 1. The zero-order valence-electron chi connectivity index (χ0n) is 16.6. The first-order valence-electron chi connectivity index (χ1n) is 10.4. The van der Waals surface area contributed by atoms with E-state index in [4.69, 9.17) is 4.74 Å². The van der Waals surface area contributed by atoms with Crippen molar-refractivity contribution in [2.75, 3.05) is 6.61 Å². The first kappa shape index (κ1) is 18.7. The molecule has 0 heterocycles. The predicted octanol–water partition coefficient (Wildman–Crippen LogP) is 6.15. The van der Waals surface area contributed by atoms with Crippen molar-refractivity contribution in [1.29, 1.82) is 0 Å². The molecule has 2 heteroatoms. The van der Waals surface area contributed by atoms with Gasteiger partial charge in [-0.25, -0.2) is 0 Å². The smallest absolute Gasteiger partial charge is 0.139 e. The Morgan fingerprint density at radius 2 is 1.75 bits per heavy atom. The number of carbonyl (C=O) groups excluding carboxylic acids is 1. The Morgan fingerprint density at radius 3 is 2.61 bits per heavy atom. The number of Topliss-reactive ketones (excluding diaryl/α,β-unsaturated/α-hetero) is 1. The van der Waals surface area contributed by atoms with Crippen LogP contribution in [0.1, 0.15) is 36.8 Å². The van der Waals surface area contributed by atoms with Crippen molar-refractivity contribution < 1.29 is 9.53 Å². The number of aryl methyl sites for hydroxylation is 2. The summed E-state index contributed by atoms with van der Waals surface area (Å²) in [4.78, 5) is 12.5. The van der Waals surface area contributed by atoms with Crippen molar-refractivity contribution in [3.05, 3.63) is 77.9 Å². The van der Waals surface area contributed by atoms with Gasteiger partial charge in [-0.15, -0.1) is 0 Å². The van der Waals surface area contributed by atoms with Gasteiger partial charge in [0.05, 0.1) is 12.5 Å². The van der Waals surface area contributed by atoms with Crippen LogP contribution in [0.25, 0.3) is 10.8 Å². The van der Waals surface area contributed by atoms with E-state index in [-0.39, 0.29) is 5.92 Å². The molecule has 0 N–H and O–H groups in total. The molecule has 0 bridgehead atoms. The molecule has 2 atom stereocenters. The maximum atomic E-state index is 12.5. The van der Waals surface area contributed by atoms with Crippen molar-refractivity contribution in [1.82, 2.24) is 0 Å². The van der Waals surface area contributed by atoms with Crippen LogP contribution in [0.15, 0.2) is 66.7 Å². The molecule has 0 spiro atoms. The zero-order chi connectivity index (χ0) is 19.3. The standard InChI is InChI=1S/C26H28O2/c1-19-12-14-20(15-13-19)6-4-8-22-16-17-25(27)24(22)18-28-26-11-5-9-21-7-2-3-10-23(21)26/h2-3,5,7,9-15,22,24H,4,6,8,16-18H2,1H3/t22-,24+/m0/s1. The summed E-state index contributed by atoms with van der Waals surface area (Å²) in [6.07, 6.45) is 5.03. The Hall–Kier alpha value is -2.61. The van der Waals surface area contributed by atoms with E-state index in [0.717, 1.165) is 36.8 Å². The van der Waals surface area contributed by atoms with E-state index in [2.05, 4.69) is 49.4 Å². The van der Waals surface area contributed by atoms with Crippen LogP contribution in [0, 0.1) is 18.8 Å². The third-order valence-electron chi connectivity index (χ3n) is 6.07. The molecule has 3 aromatic carbocycles. The first-order valence-corrected chi connectivity index (χ1v) is 10.4.